The van der Waals surface area contributed by atoms with Crippen molar-refractivity contribution in [1.29, 1.82) is 0 Å². The van der Waals surface area contributed by atoms with E-state index in [2.05, 4.69) is 26.1 Å². The molecule has 90 valence electrons. The second-order valence-electron chi connectivity index (χ2n) is 3.65. The van der Waals surface area contributed by atoms with Crippen LogP contribution in [0.15, 0.2) is 44.3 Å². The van der Waals surface area contributed by atoms with Crippen LogP contribution in [0.4, 0.5) is 5.88 Å². The zero-order valence-corrected chi connectivity index (χ0v) is 11.5. The Balaban J connectivity index is 2.18. The predicted molar refractivity (Wildman–Crippen MR) is 75.2 cm³/mol. The van der Waals surface area contributed by atoms with Crippen LogP contribution in [0.1, 0.15) is 0 Å². The minimum absolute atomic E-state index is 0.318. The van der Waals surface area contributed by atoms with E-state index in [1.54, 1.807) is 23.7 Å². The highest BCUT2D eigenvalue weighted by Gasteiger charge is 2.18. The predicted octanol–water partition coefficient (Wildman–Crippen LogP) is 3.81. The number of rotatable bonds is 2. The lowest BCUT2D eigenvalue weighted by Gasteiger charge is -2.00. The smallest absolute Gasteiger partial charge is 0.230 e. The minimum atomic E-state index is 0.318. The van der Waals surface area contributed by atoms with E-state index < -0.39 is 0 Å². The Bertz CT molecular complexity index is 678. The van der Waals surface area contributed by atoms with Gasteiger partial charge in [-0.25, -0.2) is 0 Å². The van der Waals surface area contributed by atoms with Crippen molar-refractivity contribution in [3.8, 4) is 22.4 Å². The molecule has 0 saturated heterocycles. The Hall–Kier alpha value is -1.66. The first kappa shape index (κ1) is 11.4. The van der Waals surface area contributed by atoms with Gasteiger partial charge in [-0.15, -0.1) is 11.3 Å². The lowest BCUT2D eigenvalue weighted by atomic mass is 10.0. The van der Waals surface area contributed by atoms with Gasteiger partial charge in [0.05, 0.1) is 9.35 Å². The number of anilines is 1. The van der Waals surface area contributed by atoms with Crippen molar-refractivity contribution < 1.29 is 4.52 Å². The van der Waals surface area contributed by atoms with Crippen molar-refractivity contribution >= 4 is 33.2 Å². The van der Waals surface area contributed by atoms with Crippen molar-refractivity contribution in [3.63, 3.8) is 0 Å². The lowest BCUT2D eigenvalue weighted by molar-refractivity contribution is 0.439. The number of nitrogens with two attached hydrogens (primary N) is 1. The van der Waals surface area contributed by atoms with Gasteiger partial charge in [0.25, 0.3) is 0 Å². The Morgan fingerprint density at radius 1 is 1.22 bits per heavy atom. The maximum Gasteiger partial charge on any atom is 0.230 e. The molecule has 0 atom stereocenters. The van der Waals surface area contributed by atoms with E-state index in [0.717, 1.165) is 26.2 Å². The average molecular weight is 322 g/mol. The molecular formula is C12H8BrN3OS. The summed E-state index contributed by atoms with van der Waals surface area (Å²) in [4.78, 5) is 3.99. The third-order valence-corrected chi connectivity index (χ3v) is 4.03. The molecule has 4 nitrogen and oxygen atoms in total. The number of nitrogen functional groups attached to an aromatic ring is 1. The van der Waals surface area contributed by atoms with Crippen LogP contribution in [-0.4, -0.2) is 10.1 Å². The molecule has 3 aromatic rings. The second-order valence-corrected chi connectivity index (χ2v) is 5.94. The van der Waals surface area contributed by atoms with E-state index >= 15 is 0 Å². The minimum Gasteiger partial charge on any atom is -0.367 e. The normalized spacial score (nSPS) is 10.7. The number of pyridine rings is 1. The molecule has 0 aromatic carbocycles. The summed E-state index contributed by atoms with van der Waals surface area (Å²) in [7, 11) is 0. The zero-order chi connectivity index (χ0) is 12.5. The Morgan fingerprint density at radius 2 is 2.00 bits per heavy atom. The number of halogens is 1. The summed E-state index contributed by atoms with van der Waals surface area (Å²) in [5.74, 6) is 0.318. The SMILES string of the molecule is Nc1onc(-c2csc(Br)c2)c1-c1ccncc1. The van der Waals surface area contributed by atoms with Crippen molar-refractivity contribution in [3.05, 3.63) is 39.8 Å². The fraction of sp³-hybridized carbons (Fsp3) is 0. The molecule has 3 rings (SSSR count). The highest BCUT2D eigenvalue weighted by atomic mass is 79.9. The van der Waals surface area contributed by atoms with Crippen LogP contribution in [0.3, 0.4) is 0 Å². The van der Waals surface area contributed by atoms with E-state index in [4.69, 9.17) is 10.3 Å². The number of nitrogens with zero attached hydrogens (tertiary/aromatic N) is 2. The molecule has 0 aliphatic rings. The number of aromatic nitrogens is 2. The fourth-order valence-corrected chi connectivity index (χ4v) is 2.87. The molecule has 18 heavy (non-hydrogen) atoms. The first-order valence-corrected chi connectivity index (χ1v) is 6.83. The van der Waals surface area contributed by atoms with E-state index in [9.17, 15) is 0 Å². The third kappa shape index (κ3) is 1.93. The van der Waals surface area contributed by atoms with Gasteiger partial charge < -0.3 is 10.3 Å². The Morgan fingerprint density at radius 3 is 2.67 bits per heavy atom. The van der Waals surface area contributed by atoms with Gasteiger partial charge in [0.2, 0.25) is 5.88 Å². The summed E-state index contributed by atoms with van der Waals surface area (Å²) in [6.45, 7) is 0. The number of hydrogen-bond donors (Lipinski definition) is 1. The topological polar surface area (TPSA) is 64.9 Å². The lowest BCUT2D eigenvalue weighted by Crippen LogP contribution is -1.87. The van der Waals surface area contributed by atoms with Gasteiger partial charge in [-0.05, 0) is 39.7 Å². The summed E-state index contributed by atoms with van der Waals surface area (Å²) in [6.07, 6.45) is 3.43. The van der Waals surface area contributed by atoms with Gasteiger partial charge in [0.1, 0.15) is 5.69 Å². The number of thiophene rings is 1. The zero-order valence-electron chi connectivity index (χ0n) is 9.13. The molecule has 2 N–H and O–H groups in total. The first-order valence-electron chi connectivity index (χ1n) is 5.15. The quantitative estimate of drug-likeness (QED) is 0.779. The summed E-state index contributed by atoms with van der Waals surface area (Å²) >= 11 is 5.03. The third-order valence-electron chi connectivity index (χ3n) is 2.53. The van der Waals surface area contributed by atoms with Crippen LogP contribution in [-0.2, 0) is 0 Å². The van der Waals surface area contributed by atoms with Gasteiger partial charge >= 0.3 is 0 Å². The van der Waals surface area contributed by atoms with Crippen molar-refractivity contribution in [1.82, 2.24) is 10.1 Å². The molecule has 0 unspecified atom stereocenters. The summed E-state index contributed by atoms with van der Waals surface area (Å²) < 4.78 is 6.15. The fourth-order valence-electron chi connectivity index (χ4n) is 1.73. The van der Waals surface area contributed by atoms with Crippen LogP contribution in [0.2, 0.25) is 0 Å². The molecule has 3 heterocycles. The summed E-state index contributed by atoms with van der Waals surface area (Å²) in [6, 6.07) is 5.76. The highest BCUT2D eigenvalue weighted by molar-refractivity contribution is 9.11. The maximum absolute atomic E-state index is 5.86. The van der Waals surface area contributed by atoms with Gasteiger partial charge in [-0.3, -0.25) is 4.98 Å². The van der Waals surface area contributed by atoms with Crippen LogP contribution >= 0.6 is 27.3 Å². The van der Waals surface area contributed by atoms with E-state index in [1.807, 2.05) is 23.6 Å². The summed E-state index contributed by atoms with van der Waals surface area (Å²) in [5.41, 5.74) is 9.35. The van der Waals surface area contributed by atoms with E-state index in [-0.39, 0.29) is 0 Å². The van der Waals surface area contributed by atoms with Crippen molar-refractivity contribution in [2.75, 3.05) is 5.73 Å². The second kappa shape index (κ2) is 4.55. The molecule has 0 fully saturated rings. The first-order chi connectivity index (χ1) is 8.75. The van der Waals surface area contributed by atoms with E-state index in [1.165, 1.54) is 0 Å². The van der Waals surface area contributed by atoms with Gasteiger partial charge in [0.15, 0.2) is 0 Å². The summed E-state index contributed by atoms with van der Waals surface area (Å²) in [5, 5.41) is 6.05. The largest absolute Gasteiger partial charge is 0.367 e. The Labute approximate surface area is 116 Å². The monoisotopic (exact) mass is 321 g/mol. The van der Waals surface area contributed by atoms with E-state index in [0.29, 0.717) is 5.88 Å². The maximum atomic E-state index is 5.86. The van der Waals surface area contributed by atoms with Gasteiger partial charge in [-0.2, -0.15) is 0 Å². The average Bonchev–Trinajstić information content (AvgIpc) is 2.96. The molecular weight excluding hydrogens is 314 g/mol. The molecule has 0 aliphatic heterocycles. The molecule has 0 aliphatic carbocycles. The highest BCUT2D eigenvalue weighted by Crippen LogP contribution is 2.38. The van der Waals surface area contributed by atoms with Crippen LogP contribution in [0.5, 0.6) is 0 Å². The molecule has 0 bridgehead atoms. The van der Waals surface area contributed by atoms with Crippen LogP contribution in [0, 0.1) is 0 Å². The molecule has 0 radical (unpaired) electrons. The molecule has 6 heteroatoms. The van der Waals surface area contributed by atoms with Gasteiger partial charge in [0, 0.05) is 23.3 Å². The molecule has 0 saturated carbocycles. The standard InChI is InChI=1S/C12H8BrN3OS/c13-9-5-8(6-18-9)11-10(12(14)17-16-11)7-1-3-15-4-2-7/h1-6H,14H2. The molecule has 3 aromatic heterocycles. The van der Waals surface area contributed by atoms with Crippen molar-refractivity contribution in [2.45, 2.75) is 0 Å². The molecule has 0 amide bonds. The molecule has 0 spiro atoms. The van der Waals surface area contributed by atoms with Crippen LogP contribution < -0.4 is 5.73 Å². The van der Waals surface area contributed by atoms with Crippen molar-refractivity contribution in [2.24, 2.45) is 0 Å². The van der Waals surface area contributed by atoms with Gasteiger partial charge in [-0.1, -0.05) is 5.16 Å². The van der Waals surface area contributed by atoms with Crippen LogP contribution in [0.25, 0.3) is 22.4 Å². The number of hydrogen-bond acceptors (Lipinski definition) is 5. The Kier molecular flexibility index (Phi) is 2.89.